The van der Waals surface area contributed by atoms with Crippen molar-refractivity contribution in [1.82, 2.24) is 20.1 Å². The van der Waals surface area contributed by atoms with Crippen molar-refractivity contribution in [3.05, 3.63) is 70.4 Å². The minimum absolute atomic E-state index is 0.0411. The van der Waals surface area contributed by atoms with Crippen LogP contribution in [0, 0.1) is 0 Å². The number of thiophene rings is 1. The summed E-state index contributed by atoms with van der Waals surface area (Å²) in [5.74, 6) is -0.0411. The molecule has 0 saturated heterocycles. The summed E-state index contributed by atoms with van der Waals surface area (Å²) in [5.41, 5.74) is 2.20. The van der Waals surface area contributed by atoms with E-state index >= 15 is 0 Å². The Hall–Kier alpha value is -2.47. The minimum atomic E-state index is -0.0411. The molecule has 21 heavy (non-hydrogen) atoms. The molecule has 0 saturated carbocycles. The van der Waals surface area contributed by atoms with Crippen molar-refractivity contribution in [2.24, 2.45) is 0 Å². The van der Waals surface area contributed by atoms with E-state index in [1.165, 1.54) is 17.7 Å². The van der Waals surface area contributed by atoms with E-state index in [9.17, 15) is 4.79 Å². The Morgan fingerprint density at radius 2 is 2.05 bits per heavy atom. The highest BCUT2D eigenvalue weighted by molar-refractivity contribution is 7.12. The van der Waals surface area contributed by atoms with Gasteiger partial charge in [-0.25, -0.2) is 9.67 Å². The smallest absolute Gasteiger partial charge is 0.261 e. The third-order valence-corrected chi connectivity index (χ3v) is 3.97. The lowest BCUT2D eigenvalue weighted by Gasteiger charge is -2.10. The maximum atomic E-state index is 12.0. The monoisotopic (exact) mass is 298 g/mol. The maximum absolute atomic E-state index is 12.0. The van der Waals surface area contributed by atoms with Crippen LogP contribution in [0.4, 0.5) is 0 Å². The number of hydrogen-bond donors (Lipinski definition) is 1. The Morgan fingerprint density at radius 1 is 1.19 bits per heavy atom. The van der Waals surface area contributed by atoms with E-state index < -0.39 is 0 Å². The zero-order valence-corrected chi connectivity index (χ0v) is 12.1. The molecule has 0 aliphatic carbocycles. The predicted molar refractivity (Wildman–Crippen MR) is 81.1 cm³/mol. The van der Waals surface area contributed by atoms with Crippen molar-refractivity contribution < 1.29 is 4.79 Å². The number of carbonyl (C=O) groups is 1. The van der Waals surface area contributed by atoms with E-state index in [1.54, 1.807) is 11.0 Å². The first-order valence-electron chi connectivity index (χ1n) is 6.54. The molecule has 0 unspecified atom stereocenters. The zero-order valence-electron chi connectivity index (χ0n) is 11.3. The Morgan fingerprint density at radius 3 is 2.76 bits per heavy atom. The molecule has 2 heterocycles. The van der Waals surface area contributed by atoms with Crippen LogP contribution < -0.4 is 5.32 Å². The van der Waals surface area contributed by atoms with Gasteiger partial charge in [-0.3, -0.25) is 4.79 Å². The van der Waals surface area contributed by atoms with Crippen LogP contribution in [-0.2, 0) is 13.1 Å². The van der Waals surface area contributed by atoms with Crippen molar-refractivity contribution in [3.63, 3.8) is 0 Å². The fraction of sp³-hybridized carbons (Fsp3) is 0.133. The second-order valence-electron chi connectivity index (χ2n) is 4.52. The fourth-order valence-electron chi connectivity index (χ4n) is 2.04. The van der Waals surface area contributed by atoms with E-state index in [1.807, 2.05) is 41.8 Å². The second-order valence-corrected chi connectivity index (χ2v) is 5.47. The summed E-state index contributed by atoms with van der Waals surface area (Å²) in [6.45, 7) is 1.15. The van der Waals surface area contributed by atoms with Crippen LogP contribution in [-0.4, -0.2) is 20.7 Å². The Kier molecular flexibility index (Phi) is 4.07. The van der Waals surface area contributed by atoms with E-state index in [0.29, 0.717) is 13.1 Å². The highest BCUT2D eigenvalue weighted by atomic mass is 32.1. The number of rotatable bonds is 5. The lowest BCUT2D eigenvalue weighted by Crippen LogP contribution is -2.22. The van der Waals surface area contributed by atoms with Gasteiger partial charge in [0, 0.05) is 6.54 Å². The Balaban J connectivity index is 1.69. The summed E-state index contributed by atoms with van der Waals surface area (Å²) in [7, 11) is 0. The van der Waals surface area contributed by atoms with Gasteiger partial charge < -0.3 is 5.32 Å². The lowest BCUT2D eigenvalue weighted by atomic mass is 10.1. The van der Waals surface area contributed by atoms with E-state index in [0.717, 1.165) is 16.0 Å². The van der Waals surface area contributed by atoms with Crippen LogP contribution >= 0.6 is 11.3 Å². The molecule has 0 bridgehead atoms. The van der Waals surface area contributed by atoms with Crippen LogP contribution in [0.25, 0.3) is 0 Å². The molecule has 0 aliphatic rings. The number of hydrogen-bond acceptors (Lipinski definition) is 4. The molecule has 1 amide bonds. The first-order valence-corrected chi connectivity index (χ1v) is 7.42. The largest absolute Gasteiger partial charge is 0.347 e. The molecule has 106 valence electrons. The fourth-order valence-corrected chi connectivity index (χ4v) is 2.68. The van der Waals surface area contributed by atoms with Gasteiger partial charge in [0.1, 0.15) is 12.7 Å². The quantitative estimate of drug-likeness (QED) is 0.786. The summed E-state index contributed by atoms with van der Waals surface area (Å²) < 4.78 is 1.76. The van der Waals surface area contributed by atoms with Crippen LogP contribution in [0.3, 0.4) is 0 Å². The van der Waals surface area contributed by atoms with Crippen LogP contribution in [0.5, 0.6) is 0 Å². The van der Waals surface area contributed by atoms with Crippen LogP contribution in [0.1, 0.15) is 20.8 Å². The van der Waals surface area contributed by atoms with Gasteiger partial charge in [0.05, 0.1) is 11.4 Å². The standard InChI is InChI=1S/C15H14N4OS/c20-15(14-6-3-7-21-14)17-8-12-4-1-2-5-13(12)9-19-11-16-10-18-19/h1-7,10-11H,8-9H2,(H,17,20). The molecule has 1 N–H and O–H groups in total. The van der Waals surface area contributed by atoms with Gasteiger partial charge in [0.15, 0.2) is 0 Å². The third-order valence-electron chi connectivity index (χ3n) is 3.10. The Labute approximate surface area is 126 Å². The van der Waals surface area contributed by atoms with Crippen molar-refractivity contribution in [2.45, 2.75) is 13.1 Å². The van der Waals surface area contributed by atoms with Crippen molar-refractivity contribution in [2.75, 3.05) is 0 Å². The number of benzene rings is 1. The molecule has 6 heteroatoms. The summed E-state index contributed by atoms with van der Waals surface area (Å²) >= 11 is 1.44. The van der Waals surface area contributed by atoms with E-state index in [-0.39, 0.29) is 5.91 Å². The molecule has 0 fully saturated rings. The van der Waals surface area contributed by atoms with E-state index in [4.69, 9.17) is 0 Å². The zero-order chi connectivity index (χ0) is 14.5. The highest BCUT2D eigenvalue weighted by Crippen LogP contribution is 2.12. The molecular weight excluding hydrogens is 284 g/mol. The topological polar surface area (TPSA) is 59.8 Å². The normalized spacial score (nSPS) is 10.5. The van der Waals surface area contributed by atoms with Crippen molar-refractivity contribution in [3.8, 4) is 0 Å². The minimum Gasteiger partial charge on any atom is -0.347 e. The molecule has 5 nitrogen and oxygen atoms in total. The number of carbonyl (C=O) groups excluding carboxylic acids is 1. The molecule has 0 aliphatic heterocycles. The van der Waals surface area contributed by atoms with Gasteiger partial charge >= 0.3 is 0 Å². The number of nitrogens with zero attached hydrogens (tertiary/aromatic N) is 3. The van der Waals surface area contributed by atoms with Crippen molar-refractivity contribution in [1.29, 1.82) is 0 Å². The van der Waals surface area contributed by atoms with E-state index in [2.05, 4.69) is 15.4 Å². The first kappa shape index (κ1) is 13.5. The molecule has 0 radical (unpaired) electrons. The number of amides is 1. The first-order chi connectivity index (χ1) is 10.3. The van der Waals surface area contributed by atoms with Crippen LogP contribution in [0.15, 0.2) is 54.4 Å². The molecule has 3 aromatic rings. The maximum Gasteiger partial charge on any atom is 0.261 e. The van der Waals surface area contributed by atoms with Gasteiger partial charge in [-0.15, -0.1) is 11.3 Å². The Bertz CT molecular complexity index is 707. The van der Waals surface area contributed by atoms with Gasteiger partial charge in [-0.05, 0) is 22.6 Å². The average Bonchev–Trinajstić information content (AvgIpc) is 3.19. The summed E-state index contributed by atoms with van der Waals surface area (Å²) in [5, 5.41) is 8.95. The number of nitrogens with one attached hydrogen (secondary N) is 1. The summed E-state index contributed by atoms with van der Waals surface area (Å²) in [4.78, 5) is 16.6. The third kappa shape index (κ3) is 3.35. The summed E-state index contributed by atoms with van der Waals surface area (Å²) in [6.07, 6.45) is 3.20. The van der Waals surface area contributed by atoms with Gasteiger partial charge in [-0.1, -0.05) is 30.3 Å². The molecule has 1 aromatic carbocycles. The SMILES string of the molecule is O=C(NCc1ccccc1Cn1cncn1)c1cccs1. The van der Waals surface area contributed by atoms with Crippen molar-refractivity contribution >= 4 is 17.2 Å². The average molecular weight is 298 g/mol. The van der Waals surface area contributed by atoms with Crippen LogP contribution in [0.2, 0.25) is 0 Å². The number of aromatic nitrogens is 3. The summed E-state index contributed by atoms with van der Waals surface area (Å²) in [6, 6.07) is 11.7. The molecule has 2 aromatic heterocycles. The van der Waals surface area contributed by atoms with Gasteiger partial charge in [0.25, 0.3) is 5.91 Å². The lowest BCUT2D eigenvalue weighted by molar-refractivity contribution is 0.0955. The molecule has 3 rings (SSSR count). The predicted octanol–water partition coefficient (Wildman–Crippen LogP) is 2.32. The highest BCUT2D eigenvalue weighted by Gasteiger charge is 2.08. The molecule has 0 atom stereocenters. The van der Waals surface area contributed by atoms with Gasteiger partial charge in [-0.2, -0.15) is 5.10 Å². The molecule has 0 spiro atoms. The second kappa shape index (κ2) is 6.32. The molecular formula is C15H14N4OS. The van der Waals surface area contributed by atoms with Gasteiger partial charge in [0.2, 0.25) is 0 Å².